The Kier molecular flexibility index (Phi) is 5.51. The Morgan fingerprint density at radius 1 is 1.39 bits per heavy atom. The highest BCUT2D eigenvalue weighted by Crippen LogP contribution is 2.20. The molecule has 124 valence electrons. The van der Waals surface area contributed by atoms with E-state index in [1.165, 1.54) is 6.20 Å². The second-order valence-electron chi connectivity index (χ2n) is 5.25. The minimum atomic E-state index is -1.03. The summed E-state index contributed by atoms with van der Waals surface area (Å²) in [5.41, 5.74) is 1.57. The van der Waals surface area contributed by atoms with Crippen LogP contribution < -0.4 is 5.32 Å². The highest BCUT2D eigenvalue weighted by atomic mass is 16.4. The molecule has 23 heavy (non-hydrogen) atoms. The highest BCUT2D eigenvalue weighted by molar-refractivity contribution is 6.01. The number of nitrogens with one attached hydrogen (secondary N) is 2. The van der Waals surface area contributed by atoms with Crippen molar-refractivity contribution < 1.29 is 14.7 Å². The molecule has 2 aromatic heterocycles. The largest absolute Gasteiger partial charge is 0.480 e. The van der Waals surface area contributed by atoms with Gasteiger partial charge in [0.2, 0.25) is 0 Å². The predicted octanol–water partition coefficient (Wildman–Crippen LogP) is 1.67. The number of carboxylic acid groups (broad SMARTS) is 1. The molecule has 1 amide bonds. The summed E-state index contributed by atoms with van der Waals surface area (Å²) >= 11 is 0. The molecule has 0 aliphatic carbocycles. The molecule has 2 rings (SSSR count). The maximum Gasteiger partial charge on any atom is 0.326 e. The summed E-state index contributed by atoms with van der Waals surface area (Å²) in [6.07, 6.45) is 6.84. The number of hydrogen-bond donors (Lipinski definition) is 3. The molecule has 0 fully saturated rings. The Bertz CT molecular complexity index is 676. The monoisotopic (exact) mass is 319 g/mol. The Morgan fingerprint density at radius 2 is 2.17 bits per heavy atom. The third kappa shape index (κ3) is 3.97. The van der Waals surface area contributed by atoms with Crippen molar-refractivity contribution in [3.63, 3.8) is 0 Å². The van der Waals surface area contributed by atoms with Crippen LogP contribution in [0.1, 0.15) is 43.5 Å². The van der Waals surface area contributed by atoms with Crippen LogP contribution in [0.5, 0.6) is 0 Å². The van der Waals surface area contributed by atoms with Gasteiger partial charge in [0.1, 0.15) is 6.04 Å². The van der Waals surface area contributed by atoms with Gasteiger partial charge < -0.3 is 10.4 Å². The maximum absolute atomic E-state index is 12.4. The second-order valence-corrected chi connectivity index (χ2v) is 5.25. The molecule has 0 bridgehead atoms. The molecule has 8 nitrogen and oxygen atoms in total. The Morgan fingerprint density at radius 3 is 2.78 bits per heavy atom. The first-order valence-electron chi connectivity index (χ1n) is 7.66. The first-order chi connectivity index (χ1) is 11.1. The first-order valence-corrected chi connectivity index (χ1v) is 7.66. The van der Waals surface area contributed by atoms with Crippen LogP contribution >= 0.6 is 0 Å². The van der Waals surface area contributed by atoms with Gasteiger partial charge in [-0.25, -0.2) is 4.79 Å². The van der Waals surface area contributed by atoms with Crippen molar-refractivity contribution >= 4 is 11.9 Å². The van der Waals surface area contributed by atoms with E-state index in [4.69, 9.17) is 0 Å². The molecule has 0 aromatic carbocycles. The second kappa shape index (κ2) is 7.57. The van der Waals surface area contributed by atoms with Crippen LogP contribution in [-0.2, 0) is 11.3 Å². The van der Waals surface area contributed by atoms with Crippen molar-refractivity contribution in [2.45, 2.75) is 45.7 Å². The van der Waals surface area contributed by atoms with E-state index in [9.17, 15) is 14.7 Å². The molecule has 1 atom stereocenters. The van der Waals surface area contributed by atoms with Gasteiger partial charge in [-0.05, 0) is 13.3 Å². The summed E-state index contributed by atoms with van der Waals surface area (Å²) in [7, 11) is 0. The van der Waals surface area contributed by atoms with E-state index < -0.39 is 17.9 Å². The van der Waals surface area contributed by atoms with Gasteiger partial charge in [-0.1, -0.05) is 19.8 Å². The van der Waals surface area contributed by atoms with Crippen LogP contribution in [0.4, 0.5) is 0 Å². The smallest absolute Gasteiger partial charge is 0.326 e. The summed E-state index contributed by atoms with van der Waals surface area (Å²) in [6, 6.07) is -0.899. The first kappa shape index (κ1) is 16.7. The lowest BCUT2D eigenvalue weighted by Crippen LogP contribution is -2.40. The van der Waals surface area contributed by atoms with Gasteiger partial charge >= 0.3 is 5.97 Å². The van der Waals surface area contributed by atoms with E-state index in [0.29, 0.717) is 24.2 Å². The number of nitrogens with zero attached hydrogens (tertiary/aromatic N) is 3. The molecule has 0 spiro atoms. The van der Waals surface area contributed by atoms with Crippen LogP contribution in [0.25, 0.3) is 11.3 Å². The lowest BCUT2D eigenvalue weighted by atomic mass is 10.1. The molecule has 2 heterocycles. The number of rotatable bonds is 8. The molecule has 0 saturated carbocycles. The number of aryl methyl sites for hydroxylation is 1. The average molecular weight is 319 g/mol. The number of carbonyl (C=O) groups is 2. The van der Waals surface area contributed by atoms with Gasteiger partial charge in [0.25, 0.3) is 5.91 Å². The van der Waals surface area contributed by atoms with E-state index in [2.05, 4.69) is 20.6 Å². The van der Waals surface area contributed by atoms with E-state index >= 15 is 0 Å². The zero-order chi connectivity index (χ0) is 16.8. The Balaban J connectivity index is 2.16. The van der Waals surface area contributed by atoms with Crippen LogP contribution in [0, 0.1) is 0 Å². The zero-order valence-electron chi connectivity index (χ0n) is 13.2. The summed E-state index contributed by atoms with van der Waals surface area (Å²) in [5, 5.41) is 22.6. The maximum atomic E-state index is 12.4. The average Bonchev–Trinajstić information content (AvgIpc) is 3.18. The third-order valence-electron chi connectivity index (χ3n) is 3.58. The fourth-order valence-electron chi connectivity index (χ4n) is 2.25. The SMILES string of the molecule is CCCC[C@H](NC(=O)c1cn[nH]c1-c1cnn(CC)c1)C(=O)O. The van der Waals surface area contributed by atoms with Crippen LogP contribution in [0.15, 0.2) is 18.6 Å². The van der Waals surface area contributed by atoms with Gasteiger partial charge in [-0.2, -0.15) is 10.2 Å². The van der Waals surface area contributed by atoms with Crippen molar-refractivity contribution in [2.24, 2.45) is 0 Å². The highest BCUT2D eigenvalue weighted by Gasteiger charge is 2.23. The van der Waals surface area contributed by atoms with E-state index in [1.807, 2.05) is 13.8 Å². The fourth-order valence-corrected chi connectivity index (χ4v) is 2.25. The number of aromatic amines is 1. The Labute approximate surface area is 133 Å². The van der Waals surface area contributed by atoms with Gasteiger partial charge in [0, 0.05) is 18.3 Å². The summed E-state index contributed by atoms with van der Waals surface area (Å²) in [5.74, 6) is -1.49. The van der Waals surface area contributed by atoms with Crippen molar-refractivity contribution in [3.8, 4) is 11.3 Å². The number of carbonyl (C=O) groups excluding carboxylic acids is 1. The molecule has 0 saturated heterocycles. The van der Waals surface area contributed by atoms with E-state index in [0.717, 1.165) is 18.4 Å². The molecular weight excluding hydrogens is 298 g/mol. The number of amides is 1. The number of aliphatic carboxylic acids is 1. The van der Waals surface area contributed by atoms with Crippen molar-refractivity contribution in [2.75, 3.05) is 0 Å². The third-order valence-corrected chi connectivity index (χ3v) is 3.58. The standard InChI is InChI=1S/C15H21N5O3/c1-3-5-6-12(15(22)23)18-14(21)11-8-16-19-13(11)10-7-17-20(4-2)9-10/h7-9,12H,3-6H2,1-2H3,(H,16,19)(H,18,21)(H,22,23)/t12-/m0/s1. The number of H-pyrrole nitrogens is 1. The molecule has 3 N–H and O–H groups in total. The summed E-state index contributed by atoms with van der Waals surface area (Å²) in [6.45, 7) is 4.65. The minimum Gasteiger partial charge on any atom is -0.480 e. The van der Waals surface area contributed by atoms with Crippen LogP contribution in [0.2, 0.25) is 0 Å². The lowest BCUT2D eigenvalue weighted by molar-refractivity contribution is -0.139. The lowest BCUT2D eigenvalue weighted by Gasteiger charge is -2.13. The van der Waals surface area contributed by atoms with Gasteiger partial charge in [-0.15, -0.1) is 0 Å². The molecule has 0 unspecified atom stereocenters. The number of carboxylic acids is 1. The Hall–Kier alpha value is -2.64. The summed E-state index contributed by atoms with van der Waals surface area (Å²) in [4.78, 5) is 23.6. The van der Waals surface area contributed by atoms with Crippen LogP contribution in [0.3, 0.4) is 0 Å². The number of aromatic nitrogens is 4. The molecule has 2 aromatic rings. The molecule has 0 aliphatic rings. The number of hydrogen-bond acceptors (Lipinski definition) is 4. The van der Waals surface area contributed by atoms with E-state index in [-0.39, 0.29) is 0 Å². The molecular formula is C15H21N5O3. The zero-order valence-corrected chi connectivity index (χ0v) is 13.2. The van der Waals surface area contributed by atoms with Crippen LogP contribution in [-0.4, -0.2) is 43.0 Å². The molecule has 0 radical (unpaired) electrons. The van der Waals surface area contributed by atoms with Gasteiger partial charge in [-0.3, -0.25) is 14.6 Å². The predicted molar refractivity (Wildman–Crippen MR) is 83.9 cm³/mol. The fraction of sp³-hybridized carbons (Fsp3) is 0.467. The van der Waals surface area contributed by atoms with Crippen molar-refractivity contribution in [1.29, 1.82) is 0 Å². The topological polar surface area (TPSA) is 113 Å². The number of unbranched alkanes of at least 4 members (excludes halogenated alkanes) is 1. The van der Waals surface area contributed by atoms with E-state index in [1.54, 1.807) is 17.1 Å². The van der Waals surface area contributed by atoms with Crippen molar-refractivity contribution in [3.05, 3.63) is 24.2 Å². The quantitative estimate of drug-likeness (QED) is 0.685. The van der Waals surface area contributed by atoms with Crippen molar-refractivity contribution in [1.82, 2.24) is 25.3 Å². The normalized spacial score (nSPS) is 12.1. The molecule has 8 heteroatoms. The minimum absolute atomic E-state index is 0.309. The van der Waals surface area contributed by atoms with Gasteiger partial charge in [0.15, 0.2) is 0 Å². The molecule has 0 aliphatic heterocycles. The summed E-state index contributed by atoms with van der Waals surface area (Å²) < 4.78 is 1.74. The van der Waals surface area contributed by atoms with Gasteiger partial charge in [0.05, 0.1) is 23.7 Å².